The maximum atomic E-state index is 12.3. The lowest BCUT2D eigenvalue weighted by atomic mass is 9.96. The van der Waals surface area contributed by atoms with Crippen LogP contribution >= 0.6 is 11.3 Å². The molecule has 4 heterocycles. The molecule has 3 aromatic heterocycles. The van der Waals surface area contributed by atoms with Gasteiger partial charge in [0.2, 0.25) is 11.9 Å². The summed E-state index contributed by atoms with van der Waals surface area (Å²) in [5, 5.41) is 4.82. The number of aromatic nitrogens is 4. The van der Waals surface area contributed by atoms with Gasteiger partial charge in [-0.3, -0.25) is 10.1 Å². The number of amides is 1. The van der Waals surface area contributed by atoms with E-state index in [0.717, 1.165) is 42.0 Å². The van der Waals surface area contributed by atoms with Crippen molar-refractivity contribution in [3.63, 3.8) is 0 Å². The molecule has 0 bridgehead atoms. The average molecular weight is 340 g/mol. The molecule has 4 rings (SSSR count). The van der Waals surface area contributed by atoms with Crippen LogP contribution in [-0.4, -0.2) is 38.9 Å². The van der Waals surface area contributed by atoms with Crippen LogP contribution in [0.2, 0.25) is 0 Å². The first-order chi connectivity index (χ1) is 11.8. The number of nitrogens with zero attached hydrogens (tertiary/aromatic N) is 5. The predicted octanol–water partition coefficient (Wildman–Crippen LogP) is 2.34. The van der Waals surface area contributed by atoms with Crippen LogP contribution in [0, 0.1) is 5.92 Å². The number of hydrogen-bond donors (Lipinski definition) is 1. The first-order valence-electron chi connectivity index (χ1n) is 7.82. The van der Waals surface area contributed by atoms with E-state index < -0.39 is 0 Å². The van der Waals surface area contributed by atoms with Crippen LogP contribution < -0.4 is 10.2 Å². The van der Waals surface area contributed by atoms with Crippen molar-refractivity contribution in [2.24, 2.45) is 5.92 Å². The SMILES string of the molecule is O=C(Nc1ncccn1)C1CCN(c2ncnc3ccsc23)CC1. The largest absolute Gasteiger partial charge is 0.355 e. The van der Waals surface area contributed by atoms with E-state index in [1.807, 2.05) is 11.4 Å². The zero-order valence-electron chi connectivity index (χ0n) is 12.9. The number of thiophene rings is 1. The number of carbonyl (C=O) groups is 1. The summed E-state index contributed by atoms with van der Waals surface area (Å²) in [6, 6.07) is 3.73. The molecule has 3 aromatic rings. The lowest BCUT2D eigenvalue weighted by Gasteiger charge is -2.32. The van der Waals surface area contributed by atoms with E-state index in [2.05, 4.69) is 30.2 Å². The highest BCUT2D eigenvalue weighted by molar-refractivity contribution is 7.17. The van der Waals surface area contributed by atoms with Crippen LogP contribution in [0.15, 0.2) is 36.2 Å². The normalized spacial score (nSPS) is 15.6. The van der Waals surface area contributed by atoms with Gasteiger partial charge in [-0.15, -0.1) is 11.3 Å². The van der Waals surface area contributed by atoms with Gasteiger partial charge in [0.1, 0.15) is 12.1 Å². The molecule has 24 heavy (non-hydrogen) atoms. The molecule has 8 heteroatoms. The Hall–Kier alpha value is -2.61. The lowest BCUT2D eigenvalue weighted by Crippen LogP contribution is -2.38. The smallest absolute Gasteiger partial charge is 0.229 e. The maximum absolute atomic E-state index is 12.3. The van der Waals surface area contributed by atoms with Crippen molar-refractivity contribution >= 4 is 39.2 Å². The van der Waals surface area contributed by atoms with Crippen molar-refractivity contribution in [1.29, 1.82) is 0 Å². The van der Waals surface area contributed by atoms with Crippen LogP contribution in [0.4, 0.5) is 11.8 Å². The van der Waals surface area contributed by atoms with Gasteiger partial charge in [-0.2, -0.15) is 0 Å². The van der Waals surface area contributed by atoms with Gasteiger partial charge in [0.05, 0.1) is 10.2 Å². The van der Waals surface area contributed by atoms with Gasteiger partial charge in [0.15, 0.2) is 0 Å². The van der Waals surface area contributed by atoms with E-state index in [1.54, 1.807) is 36.1 Å². The Bertz CT molecular complexity index is 844. The maximum Gasteiger partial charge on any atom is 0.229 e. The van der Waals surface area contributed by atoms with Crippen LogP contribution in [0.3, 0.4) is 0 Å². The van der Waals surface area contributed by atoms with Gasteiger partial charge in [-0.1, -0.05) is 0 Å². The second-order valence-electron chi connectivity index (χ2n) is 5.66. The van der Waals surface area contributed by atoms with Crippen LogP contribution in [0.25, 0.3) is 10.2 Å². The van der Waals surface area contributed by atoms with E-state index >= 15 is 0 Å². The van der Waals surface area contributed by atoms with Gasteiger partial charge in [0.25, 0.3) is 0 Å². The third-order valence-corrected chi connectivity index (χ3v) is 5.09. The molecule has 0 radical (unpaired) electrons. The third-order valence-electron chi connectivity index (χ3n) is 4.19. The minimum Gasteiger partial charge on any atom is -0.355 e. The van der Waals surface area contributed by atoms with E-state index in [0.29, 0.717) is 5.95 Å². The number of rotatable bonds is 3. The van der Waals surface area contributed by atoms with E-state index in [1.165, 1.54) is 0 Å². The van der Waals surface area contributed by atoms with Crippen molar-refractivity contribution in [2.75, 3.05) is 23.3 Å². The topological polar surface area (TPSA) is 83.9 Å². The van der Waals surface area contributed by atoms with Gasteiger partial charge in [0, 0.05) is 31.4 Å². The number of piperidine rings is 1. The first-order valence-corrected chi connectivity index (χ1v) is 8.70. The van der Waals surface area contributed by atoms with Gasteiger partial charge >= 0.3 is 0 Å². The number of anilines is 2. The highest BCUT2D eigenvalue weighted by Crippen LogP contribution is 2.30. The monoisotopic (exact) mass is 340 g/mol. The van der Waals surface area contributed by atoms with Crippen molar-refractivity contribution in [3.05, 3.63) is 36.2 Å². The molecule has 1 aliphatic rings. The fourth-order valence-electron chi connectivity index (χ4n) is 2.93. The minimum atomic E-state index is -0.0225. The Morgan fingerprint density at radius 3 is 2.75 bits per heavy atom. The highest BCUT2D eigenvalue weighted by atomic mass is 32.1. The van der Waals surface area contributed by atoms with Crippen LogP contribution in [0.1, 0.15) is 12.8 Å². The van der Waals surface area contributed by atoms with E-state index in [9.17, 15) is 4.79 Å². The Labute approximate surface area is 142 Å². The molecule has 0 aromatic carbocycles. The van der Waals surface area contributed by atoms with E-state index in [-0.39, 0.29) is 11.8 Å². The highest BCUT2D eigenvalue weighted by Gasteiger charge is 2.27. The summed E-state index contributed by atoms with van der Waals surface area (Å²) in [6.07, 6.45) is 6.42. The summed E-state index contributed by atoms with van der Waals surface area (Å²) >= 11 is 1.65. The second kappa shape index (κ2) is 6.48. The van der Waals surface area contributed by atoms with Crippen LogP contribution in [-0.2, 0) is 4.79 Å². The standard InChI is InChI=1S/C16H16N6OS/c23-15(21-16-17-5-1-6-18-16)11-2-7-22(8-3-11)14-13-12(4-9-24-13)19-10-20-14/h1,4-6,9-11H,2-3,7-8H2,(H,17,18,21,23). The number of hydrogen-bond acceptors (Lipinski definition) is 7. The van der Waals surface area contributed by atoms with Crippen LogP contribution in [0.5, 0.6) is 0 Å². The van der Waals surface area contributed by atoms with Gasteiger partial charge in [-0.05, 0) is 30.4 Å². The number of fused-ring (bicyclic) bond motifs is 1. The molecular weight excluding hydrogens is 324 g/mol. The molecule has 122 valence electrons. The van der Waals surface area contributed by atoms with Crippen molar-refractivity contribution in [2.45, 2.75) is 12.8 Å². The Morgan fingerprint density at radius 2 is 1.96 bits per heavy atom. The molecule has 7 nitrogen and oxygen atoms in total. The fourth-order valence-corrected chi connectivity index (χ4v) is 3.79. The Kier molecular flexibility index (Phi) is 4.04. The molecular formula is C16H16N6OS. The fraction of sp³-hybridized carbons (Fsp3) is 0.312. The zero-order valence-corrected chi connectivity index (χ0v) is 13.7. The summed E-state index contributed by atoms with van der Waals surface area (Å²) in [7, 11) is 0. The van der Waals surface area contributed by atoms with Gasteiger partial charge < -0.3 is 4.90 Å². The Morgan fingerprint density at radius 1 is 1.17 bits per heavy atom. The van der Waals surface area contributed by atoms with Crippen molar-refractivity contribution in [1.82, 2.24) is 19.9 Å². The van der Waals surface area contributed by atoms with Crippen molar-refractivity contribution < 1.29 is 4.79 Å². The molecule has 1 aliphatic heterocycles. The summed E-state index contributed by atoms with van der Waals surface area (Å²) in [6.45, 7) is 1.61. The molecule has 0 spiro atoms. The molecule has 1 amide bonds. The lowest BCUT2D eigenvalue weighted by molar-refractivity contribution is -0.120. The number of nitrogens with one attached hydrogen (secondary N) is 1. The van der Waals surface area contributed by atoms with Gasteiger partial charge in [-0.25, -0.2) is 19.9 Å². The van der Waals surface area contributed by atoms with Crippen molar-refractivity contribution in [3.8, 4) is 0 Å². The second-order valence-corrected chi connectivity index (χ2v) is 6.57. The summed E-state index contributed by atoms with van der Waals surface area (Å²) in [4.78, 5) is 31.4. The molecule has 0 unspecified atom stereocenters. The zero-order chi connectivity index (χ0) is 16.4. The minimum absolute atomic E-state index is 0.00944. The molecule has 0 aliphatic carbocycles. The third kappa shape index (κ3) is 2.92. The summed E-state index contributed by atoms with van der Waals surface area (Å²) < 4.78 is 1.11. The quantitative estimate of drug-likeness (QED) is 0.788. The summed E-state index contributed by atoms with van der Waals surface area (Å²) in [5.74, 6) is 1.30. The molecule has 1 fully saturated rings. The summed E-state index contributed by atoms with van der Waals surface area (Å²) in [5.41, 5.74) is 0.978. The first kappa shape index (κ1) is 14.9. The molecule has 1 N–H and O–H groups in total. The molecule has 0 atom stereocenters. The number of carbonyl (C=O) groups excluding carboxylic acids is 1. The average Bonchev–Trinajstić information content (AvgIpc) is 3.11. The molecule has 1 saturated heterocycles. The van der Waals surface area contributed by atoms with E-state index in [4.69, 9.17) is 0 Å². The predicted molar refractivity (Wildman–Crippen MR) is 93.0 cm³/mol. The Balaban J connectivity index is 1.41. The molecule has 0 saturated carbocycles.